The first-order chi connectivity index (χ1) is 9.60. The molecule has 0 fully saturated rings. The minimum absolute atomic E-state index is 0.546. The molecule has 2 aromatic carbocycles. The van der Waals surface area contributed by atoms with E-state index in [0.29, 0.717) is 5.88 Å². The molecule has 0 saturated heterocycles. The molecule has 0 amide bonds. The largest absolute Gasteiger partial charge is 0.299 e. The van der Waals surface area contributed by atoms with Crippen LogP contribution >= 0.6 is 11.6 Å². The second kappa shape index (κ2) is 4.95. The highest BCUT2D eigenvalue weighted by atomic mass is 35.5. The van der Waals surface area contributed by atoms with Gasteiger partial charge in [0.05, 0.1) is 16.7 Å². The highest BCUT2D eigenvalue weighted by molar-refractivity contribution is 6.17. The number of fused-ring (bicyclic) bond motifs is 1. The predicted octanol–water partition coefficient (Wildman–Crippen LogP) is 4.69. The van der Waals surface area contributed by atoms with Gasteiger partial charge in [0.2, 0.25) is 0 Å². The van der Waals surface area contributed by atoms with Gasteiger partial charge in [-0.3, -0.25) is 4.57 Å². The molecule has 1 aromatic heterocycles. The number of hydrogen-bond acceptors (Lipinski definition) is 1. The van der Waals surface area contributed by atoms with E-state index in [1.165, 1.54) is 16.7 Å². The zero-order chi connectivity index (χ0) is 14.3. The highest BCUT2D eigenvalue weighted by Gasteiger charge is 2.09. The van der Waals surface area contributed by atoms with E-state index in [4.69, 9.17) is 11.6 Å². The van der Waals surface area contributed by atoms with Crippen molar-refractivity contribution in [2.24, 2.45) is 0 Å². The Morgan fingerprint density at radius 2 is 1.75 bits per heavy atom. The van der Waals surface area contributed by atoms with Crippen LogP contribution in [0.3, 0.4) is 0 Å². The summed E-state index contributed by atoms with van der Waals surface area (Å²) in [5, 5.41) is 0. The van der Waals surface area contributed by atoms with Crippen molar-refractivity contribution in [3.8, 4) is 5.69 Å². The van der Waals surface area contributed by atoms with Gasteiger partial charge in [-0.05, 0) is 61.2 Å². The van der Waals surface area contributed by atoms with Crippen LogP contribution < -0.4 is 0 Å². The van der Waals surface area contributed by atoms with Gasteiger partial charge in [0.1, 0.15) is 6.33 Å². The fourth-order valence-corrected chi connectivity index (χ4v) is 2.69. The molecule has 0 saturated carbocycles. The predicted molar refractivity (Wildman–Crippen MR) is 84.8 cm³/mol. The lowest BCUT2D eigenvalue weighted by molar-refractivity contribution is 1.07. The fraction of sp³-hybridized carbons (Fsp3) is 0.235. The first kappa shape index (κ1) is 13.2. The Labute approximate surface area is 124 Å². The smallest absolute Gasteiger partial charge is 0.100 e. The third-order valence-corrected chi connectivity index (χ3v) is 4.15. The fourth-order valence-electron chi connectivity index (χ4n) is 2.53. The molecular formula is C17H17ClN2. The molecule has 3 rings (SSSR count). The molecule has 2 nitrogen and oxygen atoms in total. The summed E-state index contributed by atoms with van der Waals surface area (Å²) < 4.78 is 2.15. The van der Waals surface area contributed by atoms with E-state index in [9.17, 15) is 0 Å². The molecule has 0 bridgehead atoms. The first-order valence-electron chi connectivity index (χ1n) is 6.70. The van der Waals surface area contributed by atoms with E-state index < -0.39 is 0 Å². The van der Waals surface area contributed by atoms with Crippen LogP contribution in [0.2, 0.25) is 0 Å². The lowest BCUT2D eigenvalue weighted by Crippen LogP contribution is -1.96. The van der Waals surface area contributed by atoms with Gasteiger partial charge in [-0.2, -0.15) is 0 Å². The number of nitrogens with zero attached hydrogens (tertiary/aromatic N) is 2. The molecule has 1 heterocycles. The van der Waals surface area contributed by atoms with Crippen molar-refractivity contribution in [1.82, 2.24) is 9.55 Å². The first-order valence-corrected chi connectivity index (χ1v) is 7.24. The number of alkyl halides is 1. The summed E-state index contributed by atoms with van der Waals surface area (Å²) in [4.78, 5) is 4.52. The number of imidazole rings is 1. The summed E-state index contributed by atoms with van der Waals surface area (Å²) in [6, 6.07) is 10.7. The second-order valence-electron chi connectivity index (χ2n) is 5.29. The Morgan fingerprint density at radius 3 is 2.45 bits per heavy atom. The zero-order valence-corrected chi connectivity index (χ0v) is 12.7. The maximum Gasteiger partial charge on any atom is 0.100 e. The zero-order valence-electron chi connectivity index (χ0n) is 11.9. The lowest BCUT2D eigenvalue weighted by atomic mass is 10.1. The van der Waals surface area contributed by atoms with Crippen molar-refractivity contribution in [2.75, 3.05) is 0 Å². The second-order valence-corrected chi connectivity index (χ2v) is 5.56. The number of benzene rings is 2. The van der Waals surface area contributed by atoms with Gasteiger partial charge in [-0.15, -0.1) is 11.6 Å². The quantitative estimate of drug-likeness (QED) is 0.624. The molecule has 0 aliphatic carbocycles. The maximum atomic E-state index is 5.89. The molecule has 0 aliphatic rings. The molecule has 0 aliphatic heterocycles. The van der Waals surface area contributed by atoms with Crippen molar-refractivity contribution in [3.05, 3.63) is 58.9 Å². The summed E-state index contributed by atoms with van der Waals surface area (Å²) in [5.74, 6) is 0.546. The van der Waals surface area contributed by atoms with Crippen molar-refractivity contribution in [2.45, 2.75) is 26.7 Å². The SMILES string of the molecule is Cc1cc2ncn(-c3ccc(CCl)cc3C)c2cc1C. The van der Waals surface area contributed by atoms with Gasteiger partial charge in [0, 0.05) is 5.88 Å². The van der Waals surface area contributed by atoms with Gasteiger partial charge in [-0.1, -0.05) is 12.1 Å². The van der Waals surface area contributed by atoms with Crippen LogP contribution in [-0.2, 0) is 5.88 Å². The number of rotatable bonds is 2. The average molecular weight is 285 g/mol. The van der Waals surface area contributed by atoms with Crippen LogP contribution in [0.15, 0.2) is 36.7 Å². The number of hydrogen-bond donors (Lipinski definition) is 0. The Hall–Kier alpha value is -1.80. The van der Waals surface area contributed by atoms with E-state index in [1.807, 2.05) is 6.33 Å². The van der Waals surface area contributed by atoms with Gasteiger partial charge < -0.3 is 0 Å². The highest BCUT2D eigenvalue weighted by Crippen LogP contribution is 2.24. The summed E-state index contributed by atoms with van der Waals surface area (Å²) in [6.45, 7) is 6.36. The summed E-state index contributed by atoms with van der Waals surface area (Å²) >= 11 is 5.89. The van der Waals surface area contributed by atoms with Crippen molar-refractivity contribution < 1.29 is 0 Å². The van der Waals surface area contributed by atoms with E-state index in [1.54, 1.807) is 0 Å². The summed E-state index contributed by atoms with van der Waals surface area (Å²) in [5.41, 5.74) is 8.25. The van der Waals surface area contributed by atoms with Crippen molar-refractivity contribution in [1.29, 1.82) is 0 Å². The van der Waals surface area contributed by atoms with Gasteiger partial charge in [-0.25, -0.2) is 4.98 Å². The minimum atomic E-state index is 0.546. The Balaban J connectivity index is 2.22. The molecule has 20 heavy (non-hydrogen) atoms. The Morgan fingerprint density at radius 1 is 1.00 bits per heavy atom. The molecule has 3 aromatic rings. The van der Waals surface area contributed by atoms with Gasteiger partial charge in [0.25, 0.3) is 0 Å². The average Bonchev–Trinajstić information content (AvgIpc) is 2.82. The van der Waals surface area contributed by atoms with Crippen LogP contribution in [-0.4, -0.2) is 9.55 Å². The molecule has 0 unspecified atom stereocenters. The van der Waals surface area contributed by atoms with Gasteiger partial charge in [0.15, 0.2) is 0 Å². The summed E-state index contributed by atoms with van der Waals surface area (Å²) in [7, 11) is 0. The molecule has 0 radical (unpaired) electrons. The monoisotopic (exact) mass is 284 g/mol. The molecule has 0 N–H and O–H groups in total. The molecule has 0 spiro atoms. The van der Waals surface area contributed by atoms with Crippen LogP contribution in [0.25, 0.3) is 16.7 Å². The Bertz CT molecular complexity index is 787. The Kier molecular flexibility index (Phi) is 3.27. The van der Waals surface area contributed by atoms with E-state index in [-0.39, 0.29) is 0 Å². The van der Waals surface area contributed by atoms with Crippen molar-refractivity contribution >= 4 is 22.6 Å². The van der Waals surface area contributed by atoms with Crippen LogP contribution in [0.4, 0.5) is 0 Å². The number of aryl methyl sites for hydroxylation is 3. The van der Waals surface area contributed by atoms with Gasteiger partial charge >= 0.3 is 0 Å². The van der Waals surface area contributed by atoms with Crippen LogP contribution in [0.1, 0.15) is 22.3 Å². The lowest BCUT2D eigenvalue weighted by Gasteiger charge is -2.10. The molecule has 0 atom stereocenters. The molecule has 102 valence electrons. The van der Waals surface area contributed by atoms with E-state index in [0.717, 1.165) is 22.3 Å². The number of aromatic nitrogens is 2. The van der Waals surface area contributed by atoms with Crippen LogP contribution in [0, 0.1) is 20.8 Å². The number of halogens is 1. The van der Waals surface area contributed by atoms with Crippen LogP contribution in [0.5, 0.6) is 0 Å². The molecular weight excluding hydrogens is 268 g/mol. The maximum absolute atomic E-state index is 5.89. The topological polar surface area (TPSA) is 17.8 Å². The van der Waals surface area contributed by atoms with E-state index in [2.05, 4.69) is 60.7 Å². The third kappa shape index (κ3) is 2.10. The third-order valence-electron chi connectivity index (χ3n) is 3.84. The standard InChI is InChI=1S/C17H17ClN2/c1-11-7-15-17(8-12(11)2)20(10-19-15)16-5-4-14(9-18)6-13(16)3/h4-8,10H,9H2,1-3H3. The van der Waals surface area contributed by atoms with Crippen molar-refractivity contribution in [3.63, 3.8) is 0 Å². The van der Waals surface area contributed by atoms with E-state index >= 15 is 0 Å². The normalized spacial score (nSPS) is 11.2. The summed E-state index contributed by atoms with van der Waals surface area (Å²) in [6.07, 6.45) is 1.90. The minimum Gasteiger partial charge on any atom is -0.299 e. The molecule has 3 heteroatoms.